The van der Waals surface area contributed by atoms with Crippen LogP contribution in [-0.4, -0.2) is 5.25 Å². The van der Waals surface area contributed by atoms with Crippen LogP contribution in [-0.2, 0) is 7.05 Å². The number of benzene rings is 1. The second kappa shape index (κ2) is 4.99. The van der Waals surface area contributed by atoms with Crippen molar-refractivity contribution in [1.82, 2.24) is 0 Å². The fourth-order valence-corrected chi connectivity index (χ4v) is 7.20. The first-order valence-corrected chi connectivity index (χ1v) is 9.71. The third kappa shape index (κ3) is 1.96. The number of hydrogen-bond acceptors (Lipinski definition) is 1. The Bertz CT molecular complexity index is 725. The van der Waals surface area contributed by atoms with Crippen LogP contribution in [0, 0.1) is 23.7 Å². The van der Waals surface area contributed by atoms with Gasteiger partial charge in [-0.15, -0.1) is 0 Å². The predicted octanol–water partition coefficient (Wildman–Crippen LogP) is 4.58. The van der Waals surface area contributed by atoms with E-state index in [1.165, 1.54) is 35.1 Å². The van der Waals surface area contributed by atoms with Crippen LogP contribution in [0.15, 0.2) is 41.6 Å². The van der Waals surface area contributed by atoms with Crippen LogP contribution < -0.4 is 4.57 Å². The second-order valence-corrected chi connectivity index (χ2v) is 8.94. The monoisotopic (exact) mass is 310 g/mol. The van der Waals surface area contributed by atoms with Gasteiger partial charge in [-0.05, 0) is 67.2 Å². The highest BCUT2D eigenvalue weighted by Crippen LogP contribution is 2.60. The summed E-state index contributed by atoms with van der Waals surface area (Å²) in [6.07, 6.45) is 9.79. The third-order valence-electron chi connectivity index (χ3n) is 6.55. The minimum absolute atomic E-state index is 0.851. The molecule has 0 unspecified atom stereocenters. The summed E-state index contributed by atoms with van der Waals surface area (Å²) >= 11 is 2.18. The van der Waals surface area contributed by atoms with Crippen LogP contribution in [0.5, 0.6) is 0 Å². The number of rotatable bonds is 2. The van der Waals surface area contributed by atoms with E-state index < -0.39 is 0 Å². The second-order valence-electron chi connectivity index (χ2n) is 7.71. The van der Waals surface area contributed by atoms with Crippen LogP contribution in [0.3, 0.4) is 0 Å². The standard InChI is InChI=1S/C20H24NS/c1-21-9-8-14-4-2-3-5-16(14)20(21)22-19-7-6-15-10-13-11-17(15)18(19)12-13/h2-5,8-9,13,15,17-19H,6-7,10-12H2,1H3/q+1/t13-,15+,17+,18+,19-/m1/s1. The fraction of sp³-hybridized carbons (Fsp3) is 0.550. The molecule has 0 aliphatic heterocycles. The lowest BCUT2D eigenvalue weighted by atomic mass is 9.71. The molecule has 0 radical (unpaired) electrons. The molecule has 0 amide bonds. The van der Waals surface area contributed by atoms with Crippen LogP contribution in [0.1, 0.15) is 32.1 Å². The average molecular weight is 310 g/mol. The Morgan fingerprint density at radius 3 is 2.77 bits per heavy atom. The molecule has 22 heavy (non-hydrogen) atoms. The molecule has 5 rings (SSSR count). The summed E-state index contributed by atoms with van der Waals surface area (Å²) in [7, 11) is 2.21. The SMILES string of the molecule is C[n+]1ccc2ccccc2c1S[C@@H]1CC[C@H]2C[C@@H]3C[C@@H]2[C@@H]1C3. The molecule has 0 N–H and O–H groups in total. The minimum Gasteiger partial charge on any atom is -0.195 e. The first kappa shape index (κ1) is 13.4. The van der Waals surface area contributed by atoms with Gasteiger partial charge >= 0.3 is 0 Å². The van der Waals surface area contributed by atoms with Crippen molar-refractivity contribution in [2.75, 3.05) is 0 Å². The van der Waals surface area contributed by atoms with Gasteiger partial charge in [0.05, 0.1) is 5.39 Å². The molecule has 1 aromatic carbocycles. The predicted molar refractivity (Wildman–Crippen MR) is 91.8 cm³/mol. The third-order valence-corrected chi connectivity index (χ3v) is 8.17. The molecule has 0 spiro atoms. The molecule has 3 aliphatic carbocycles. The Morgan fingerprint density at radius 1 is 1.00 bits per heavy atom. The van der Waals surface area contributed by atoms with Crippen LogP contribution in [0.25, 0.3) is 10.8 Å². The van der Waals surface area contributed by atoms with Gasteiger partial charge in [-0.25, -0.2) is 0 Å². The van der Waals surface area contributed by atoms with Gasteiger partial charge < -0.3 is 0 Å². The van der Waals surface area contributed by atoms with Crippen molar-refractivity contribution < 1.29 is 4.57 Å². The van der Waals surface area contributed by atoms with Crippen molar-refractivity contribution in [3.63, 3.8) is 0 Å². The summed E-state index contributed by atoms with van der Waals surface area (Å²) in [6, 6.07) is 11.1. The molecular formula is C20H24NS+. The number of pyridine rings is 1. The van der Waals surface area contributed by atoms with Gasteiger partial charge in [0.25, 0.3) is 0 Å². The lowest BCUT2D eigenvalue weighted by Gasteiger charge is -2.40. The van der Waals surface area contributed by atoms with Crippen molar-refractivity contribution >= 4 is 22.5 Å². The minimum atomic E-state index is 0.851. The van der Waals surface area contributed by atoms with Crippen molar-refractivity contribution in [3.8, 4) is 0 Å². The van der Waals surface area contributed by atoms with E-state index in [9.17, 15) is 0 Å². The van der Waals surface area contributed by atoms with E-state index in [4.69, 9.17) is 0 Å². The maximum absolute atomic E-state index is 2.34. The quantitative estimate of drug-likeness (QED) is 0.734. The number of fused-ring (bicyclic) bond motifs is 2. The summed E-state index contributed by atoms with van der Waals surface area (Å²) in [5, 5.41) is 5.14. The van der Waals surface area contributed by atoms with Gasteiger partial charge in [0, 0.05) is 11.3 Å². The number of thioether (sulfide) groups is 1. The summed E-state index contributed by atoms with van der Waals surface area (Å²) < 4.78 is 2.34. The Balaban J connectivity index is 1.50. The molecule has 3 saturated carbocycles. The first-order valence-electron chi connectivity index (χ1n) is 8.83. The van der Waals surface area contributed by atoms with Crippen LogP contribution in [0.2, 0.25) is 0 Å². The maximum atomic E-state index is 2.34. The molecule has 2 heteroatoms. The number of aromatic nitrogens is 1. The van der Waals surface area contributed by atoms with E-state index in [1.807, 2.05) is 0 Å². The molecule has 5 atom stereocenters. The van der Waals surface area contributed by atoms with Gasteiger partial charge in [0.1, 0.15) is 7.05 Å². The van der Waals surface area contributed by atoms with Gasteiger partial charge in [-0.1, -0.05) is 30.0 Å². The fourth-order valence-electron chi connectivity index (χ4n) is 5.63. The van der Waals surface area contributed by atoms with Crippen LogP contribution >= 0.6 is 11.8 Å². The lowest BCUT2D eigenvalue weighted by Crippen LogP contribution is -2.37. The zero-order valence-corrected chi connectivity index (χ0v) is 14.1. The molecule has 3 fully saturated rings. The van der Waals surface area contributed by atoms with E-state index in [0.29, 0.717) is 0 Å². The largest absolute Gasteiger partial charge is 0.248 e. The Labute approximate surface area is 137 Å². The van der Waals surface area contributed by atoms with Crippen LogP contribution in [0.4, 0.5) is 0 Å². The molecular weight excluding hydrogens is 286 g/mol. The van der Waals surface area contributed by atoms with Crippen molar-refractivity contribution in [2.45, 2.75) is 42.4 Å². The molecule has 2 aromatic rings. The maximum Gasteiger partial charge on any atom is 0.248 e. The molecule has 2 bridgehead atoms. The van der Waals surface area contributed by atoms with Gasteiger partial charge in [-0.2, -0.15) is 4.57 Å². The zero-order chi connectivity index (χ0) is 14.7. The number of hydrogen-bond donors (Lipinski definition) is 0. The summed E-state index contributed by atoms with van der Waals surface area (Å²) in [6.45, 7) is 0. The average Bonchev–Trinajstić information content (AvgIpc) is 3.13. The Kier molecular flexibility index (Phi) is 3.04. The Morgan fingerprint density at radius 2 is 1.86 bits per heavy atom. The van der Waals surface area contributed by atoms with Crippen molar-refractivity contribution in [2.24, 2.45) is 30.7 Å². The molecule has 1 aromatic heterocycles. The van der Waals surface area contributed by atoms with Crippen molar-refractivity contribution in [1.29, 1.82) is 0 Å². The van der Waals surface area contributed by atoms with E-state index >= 15 is 0 Å². The topological polar surface area (TPSA) is 3.88 Å². The van der Waals surface area contributed by atoms with Gasteiger partial charge in [-0.3, -0.25) is 0 Å². The number of nitrogens with zero attached hydrogens (tertiary/aromatic N) is 1. The highest BCUT2D eigenvalue weighted by molar-refractivity contribution is 8.00. The lowest BCUT2D eigenvalue weighted by molar-refractivity contribution is -0.706. The molecule has 3 aliphatic rings. The molecule has 1 heterocycles. The summed E-state index contributed by atoms with van der Waals surface area (Å²) in [5.41, 5.74) is 0. The van der Waals surface area contributed by atoms with E-state index in [-0.39, 0.29) is 0 Å². The van der Waals surface area contributed by atoms with Crippen molar-refractivity contribution in [3.05, 3.63) is 36.5 Å². The van der Waals surface area contributed by atoms with Gasteiger partial charge in [0.2, 0.25) is 5.03 Å². The highest BCUT2D eigenvalue weighted by atomic mass is 32.2. The summed E-state index contributed by atoms with van der Waals surface area (Å²) in [4.78, 5) is 0. The molecule has 114 valence electrons. The van der Waals surface area contributed by atoms with Gasteiger partial charge in [0.15, 0.2) is 6.20 Å². The normalized spacial score (nSPS) is 36.1. The first-order chi connectivity index (χ1) is 10.8. The van der Waals surface area contributed by atoms with E-state index in [0.717, 1.165) is 28.9 Å². The Hall–Kier alpha value is -1.02. The molecule has 0 saturated heterocycles. The van der Waals surface area contributed by atoms with E-state index in [2.05, 4.69) is 59.9 Å². The summed E-state index contributed by atoms with van der Waals surface area (Å²) in [5.74, 6) is 4.23. The smallest absolute Gasteiger partial charge is 0.195 e. The zero-order valence-electron chi connectivity index (χ0n) is 13.2. The molecule has 1 nitrogen and oxygen atoms in total. The number of aryl methyl sites for hydroxylation is 1. The highest BCUT2D eigenvalue weighted by Gasteiger charge is 2.51. The van der Waals surface area contributed by atoms with E-state index in [1.54, 1.807) is 12.8 Å².